The Kier molecular flexibility index (Phi) is 2.52. The van der Waals surface area contributed by atoms with Gasteiger partial charge in [0.2, 0.25) is 0 Å². The molecule has 0 saturated heterocycles. The van der Waals surface area contributed by atoms with Gasteiger partial charge in [-0.15, -0.1) is 0 Å². The Morgan fingerprint density at radius 1 is 1.31 bits per heavy atom. The first-order valence-corrected chi connectivity index (χ1v) is 4.67. The summed E-state index contributed by atoms with van der Waals surface area (Å²) in [6, 6.07) is 6.87. The number of nitriles is 1. The van der Waals surface area contributed by atoms with E-state index in [1.807, 2.05) is 6.07 Å². The van der Waals surface area contributed by atoms with E-state index in [2.05, 4.69) is 4.74 Å². The molecule has 1 aromatic rings. The molecule has 0 unspecified atom stereocenters. The summed E-state index contributed by atoms with van der Waals surface area (Å²) in [7, 11) is 0. The van der Waals surface area contributed by atoms with E-state index >= 15 is 0 Å². The predicted octanol–water partition coefficient (Wildman–Crippen LogP) is 1.92. The molecule has 1 aliphatic heterocycles. The van der Waals surface area contributed by atoms with Crippen molar-refractivity contribution in [1.29, 1.82) is 5.26 Å². The monoisotopic (exact) mass is 213 g/mol. The van der Waals surface area contributed by atoms with Crippen molar-refractivity contribution in [1.82, 2.24) is 0 Å². The van der Waals surface area contributed by atoms with Crippen LogP contribution in [-0.4, -0.2) is 11.9 Å². The third kappa shape index (κ3) is 1.59. The van der Waals surface area contributed by atoms with Gasteiger partial charge in [0.15, 0.2) is 0 Å². The van der Waals surface area contributed by atoms with E-state index in [0.29, 0.717) is 5.56 Å². The maximum Gasteiger partial charge on any atom is 0.347 e. The molecular formula is C12H7NO3. The van der Waals surface area contributed by atoms with Crippen molar-refractivity contribution in [3.05, 3.63) is 41.0 Å². The van der Waals surface area contributed by atoms with Crippen LogP contribution in [0, 0.1) is 11.3 Å². The predicted molar refractivity (Wildman–Crippen MR) is 55.5 cm³/mol. The molecule has 0 spiro atoms. The van der Waals surface area contributed by atoms with Gasteiger partial charge in [0.25, 0.3) is 0 Å². The first-order chi connectivity index (χ1) is 7.74. The zero-order valence-corrected chi connectivity index (χ0v) is 8.27. The minimum atomic E-state index is -0.628. The van der Waals surface area contributed by atoms with Crippen LogP contribution in [-0.2, 0) is 4.74 Å². The third-order valence-corrected chi connectivity index (χ3v) is 2.21. The highest BCUT2D eigenvalue weighted by Crippen LogP contribution is 2.24. The number of rotatable bonds is 2. The van der Waals surface area contributed by atoms with Gasteiger partial charge in [-0.25, -0.2) is 9.59 Å². The van der Waals surface area contributed by atoms with Crippen LogP contribution in [0.15, 0.2) is 24.3 Å². The van der Waals surface area contributed by atoms with Crippen LogP contribution < -0.4 is 0 Å². The summed E-state index contributed by atoms with van der Waals surface area (Å²) in [6.07, 6.45) is 3.53. The molecule has 4 nitrogen and oxygen atoms in total. The average molecular weight is 213 g/mol. The maximum atomic E-state index is 11.4. The Labute approximate surface area is 91.8 Å². The maximum absolute atomic E-state index is 11.4. The number of carbonyl (C=O) groups is 2. The molecule has 16 heavy (non-hydrogen) atoms. The lowest BCUT2D eigenvalue weighted by Gasteiger charge is -1.97. The molecule has 0 amide bonds. The molecule has 0 fully saturated rings. The molecule has 78 valence electrons. The Morgan fingerprint density at radius 3 is 2.88 bits per heavy atom. The van der Waals surface area contributed by atoms with Crippen molar-refractivity contribution in [3.63, 3.8) is 0 Å². The highest BCUT2D eigenvalue weighted by molar-refractivity contribution is 6.16. The number of hydrogen-bond donors (Lipinski definition) is 0. The topological polar surface area (TPSA) is 67.2 Å². The van der Waals surface area contributed by atoms with Gasteiger partial charge < -0.3 is 4.74 Å². The Balaban J connectivity index is 2.46. The average Bonchev–Trinajstić information content (AvgIpc) is 2.56. The normalized spacial score (nSPS) is 13.7. The smallest absolute Gasteiger partial charge is 0.347 e. The minimum Gasteiger partial charge on any atom is -0.386 e. The van der Waals surface area contributed by atoms with Crippen molar-refractivity contribution in [2.45, 2.75) is 6.42 Å². The number of hydrogen-bond acceptors (Lipinski definition) is 4. The summed E-state index contributed by atoms with van der Waals surface area (Å²) >= 11 is 0. The lowest BCUT2D eigenvalue weighted by molar-refractivity contribution is 0.0444. The lowest BCUT2D eigenvalue weighted by Crippen LogP contribution is -1.98. The Morgan fingerprint density at radius 2 is 2.12 bits per heavy atom. The van der Waals surface area contributed by atoms with Gasteiger partial charge >= 0.3 is 11.9 Å². The minimum absolute atomic E-state index is 0.257. The van der Waals surface area contributed by atoms with Gasteiger partial charge in [-0.1, -0.05) is 24.3 Å². The second kappa shape index (κ2) is 3.99. The van der Waals surface area contributed by atoms with Gasteiger partial charge in [-0.3, -0.25) is 0 Å². The second-order valence-corrected chi connectivity index (χ2v) is 3.21. The van der Waals surface area contributed by atoms with E-state index in [1.165, 1.54) is 0 Å². The van der Waals surface area contributed by atoms with Gasteiger partial charge in [-0.2, -0.15) is 5.26 Å². The number of benzene rings is 1. The van der Waals surface area contributed by atoms with Crippen LogP contribution in [0.1, 0.15) is 32.7 Å². The number of fused-ring (bicyclic) bond motifs is 1. The molecule has 1 aromatic carbocycles. The largest absolute Gasteiger partial charge is 0.386 e. The number of ether oxygens (including phenoxy) is 1. The molecular weight excluding hydrogens is 206 g/mol. The highest BCUT2D eigenvalue weighted by atomic mass is 16.6. The van der Waals surface area contributed by atoms with Gasteiger partial charge in [-0.05, 0) is 11.6 Å². The standard InChI is InChI=1S/C12H7NO3/c13-7-2-1-4-8-5-3-6-9-10(8)12(15)16-11(9)14/h1,3-6H,2H2. The zero-order valence-electron chi connectivity index (χ0n) is 8.27. The molecule has 0 saturated carbocycles. The molecule has 0 bridgehead atoms. The van der Waals surface area contributed by atoms with Crippen molar-refractivity contribution in [3.8, 4) is 6.07 Å². The summed E-state index contributed by atoms with van der Waals surface area (Å²) in [5, 5.41) is 8.38. The fourth-order valence-corrected chi connectivity index (χ4v) is 1.54. The quantitative estimate of drug-likeness (QED) is 0.556. The number of allylic oxidation sites excluding steroid dienone is 1. The second-order valence-electron chi connectivity index (χ2n) is 3.21. The van der Waals surface area contributed by atoms with Crippen LogP contribution in [0.25, 0.3) is 6.08 Å². The highest BCUT2D eigenvalue weighted by Gasteiger charge is 2.31. The molecule has 1 aliphatic rings. The number of cyclic esters (lactones) is 2. The molecule has 0 atom stereocenters. The van der Waals surface area contributed by atoms with Crippen molar-refractivity contribution >= 4 is 18.0 Å². The SMILES string of the molecule is N#CCC=Cc1cccc2c1C(=O)OC2=O. The summed E-state index contributed by atoms with van der Waals surface area (Å²) in [4.78, 5) is 22.6. The van der Waals surface area contributed by atoms with Gasteiger partial charge in [0, 0.05) is 0 Å². The van der Waals surface area contributed by atoms with Crippen LogP contribution in [0.4, 0.5) is 0 Å². The number of esters is 2. The number of carbonyl (C=O) groups excluding carboxylic acids is 2. The van der Waals surface area contributed by atoms with E-state index in [4.69, 9.17) is 5.26 Å². The summed E-state index contributed by atoms with van der Waals surface area (Å²) < 4.78 is 4.50. The summed E-state index contributed by atoms with van der Waals surface area (Å²) in [6.45, 7) is 0. The molecule has 0 N–H and O–H groups in total. The first-order valence-electron chi connectivity index (χ1n) is 4.67. The molecule has 2 rings (SSSR count). The summed E-state index contributed by atoms with van der Waals surface area (Å²) in [5.41, 5.74) is 1.16. The van der Waals surface area contributed by atoms with E-state index in [0.717, 1.165) is 0 Å². The van der Waals surface area contributed by atoms with E-state index in [-0.39, 0.29) is 17.5 Å². The van der Waals surface area contributed by atoms with E-state index in [1.54, 1.807) is 30.4 Å². The molecule has 0 aliphatic carbocycles. The molecule has 0 aromatic heterocycles. The molecule has 4 heteroatoms. The molecule has 0 radical (unpaired) electrons. The third-order valence-electron chi connectivity index (χ3n) is 2.21. The van der Waals surface area contributed by atoms with Crippen molar-refractivity contribution < 1.29 is 14.3 Å². The number of nitrogens with zero attached hydrogens (tertiary/aromatic N) is 1. The summed E-state index contributed by atoms with van der Waals surface area (Å²) in [5.74, 6) is -1.24. The van der Waals surface area contributed by atoms with Gasteiger partial charge in [0.1, 0.15) is 0 Å². The van der Waals surface area contributed by atoms with Crippen molar-refractivity contribution in [2.75, 3.05) is 0 Å². The van der Waals surface area contributed by atoms with Crippen LogP contribution >= 0.6 is 0 Å². The van der Waals surface area contributed by atoms with Crippen molar-refractivity contribution in [2.24, 2.45) is 0 Å². The van der Waals surface area contributed by atoms with Gasteiger partial charge in [0.05, 0.1) is 23.6 Å². The first kappa shape index (κ1) is 10.1. The zero-order chi connectivity index (χ0) is 11.5. The van der Waals surface area contributed by atoms with Crippen LogP contribution in [0.5, 0.6) is 0 Å². The Hall–Kier alpha value is -2.41. The Bertz CT molecular complexity index is 538. The lowest BCUT2D eigenvalue weighted by atomic mass is 10.0. The van der Waals surface area contributed by atoms with E-state index in [9.17, 15) is 9.59 Å². The van der Waals surface area contributed by atoms with Crippen LogP contribution in [0.3, 0.4) is 0 Å². The fourth-order valence-electron chi connectivity index (χ4n) is 1.54. The van der Waals surface area contributed by atoms with E-state index < -0.39 is 11.9 Å². The van der Waals surface area contributed by atoms with Crippen LogP contribution in [0.2, 0.25) is 0 Å². The molecule has 1 heterocycles. The fraction of sp³-hybridized carbons (Fsp3) is 0.0833.